The lowest BCUT2D eigenvalue weighted by Gasteiger charge is -2.09. The van der Waals surface area contributed by atoms with Crippen LogP contribution in [0.1, 0.15) is 33.6 Å². The molecule has 7 heteroatoms. The van der Waals surface area contributed by atoms with Crippen LogP contribution >= 0.6 is 23.1 Å². The Morgan fingerprint density at radius 3 is 2.92 bits per heavy atom. The Hall–Kier alpha value is -2.43. The van der Waals surface area contributed by atoms with Crippen LogP contribution in [0.3, 0.4) is 0 Å². The highest BCUT2D eigenvalue weighted by atomic mass is 32.2. The molecule has 3 rings (SSSR count). The van der Waals surface area contributed by atoms with E-state index in [1.54, 1.807) is 23.7 Å². The van der Waals surface area contributed by atoms with Crippen molar-refractivity contribution in [1.29, 1.82) is 5.26 Å². The van der Waals surface area contributed by atoms with Gasteiger partial charge in [0.2, 0.25) is 0 Å². The second-order valence-electron chi connectivity index (χ2n) is 5.64. The molecule has 2 aromatic heterocycles. The van der Waals surface area contributed by atoms with Crippen molar-refractivity contribution in [1.82, 2.24) is 9.97 Å². The maximum Gasteiger partial charge on any atom is 0.339 e. The molecule has 0 N–H and O–H groups in total. The number of nitrogens with zero attached hydrogens (tertiary/aromatic N) is 3. The van der Waals surface area contributed by atoms with Crippen LogP contribution in [-0.4, -0.2) is 22.5 Å². The molecular weight excluding hydrogens is 366 g/mol. The number of unbranched alkanes of at least 4 members (excludes halogenated alkanes) is 1. The van der Waals surface area contributed by atoms with Crippen LogP contribution in [0.15, 0.2) is 40.5 Å². The third-order valence-corrected chi connectivity index (χ3v) is 6.10. The molecule has 0 unspecified atom stereocenters. The summed E-state index contributed by atoms with van der Waals surface area (Å²) in [5.74, 6) is -0.380. The summed E-state index contributed by atoms with van der Waals surface area (Å²) in [6.07, 6.45) is 2.47. The van der Waals surface area contributed by atoms with E-state index in [0.29, 0.717) is 18.4 Å². The van der Waals surface area contributed by atoms with Gasteiger partial charge in [0, 0.05) is 21.6 Å². The molecule has 3 aromatic rings. The first-order valence-corrected chi connectivity index (χ1v) is 9.76. The minimum atomic E-state index is -0.380. The van der Waals surface area contributed by atoms with Gasteiger partial charge in [-0.1, -0.05) is 23.9 Å². The van der Waals surface area contributed by atoms with Gasteiger partial charge in [0.25, 0.3) is 0 Å². The molecule has 0 fully saturated rings. The molecule has 26 heavy (non-hydrogen) atoms. The number of rotatable bonds is 6. The number of hydrogen-bond acceptors (Lipinski definition) is 7. The number of fused-ring (bicyclic) bond motifs is 1. The predicted octanol–water partition coefficient (Wildman–Crippen LogP) is 4.92. The Bertz CT molecular complexity index is 992. The Morgan fingerprint density at radius 2 is 2.12 bits per heavy atom. The topological polar surface area (TPSA) is 75.9 Å². The van der Waals surface area contributed by atoms with Crippen molar-refractivity contribution < 1.29 is 9.53 Å². The predicted molar refractivity (Wildman–Crippen MR) is 103 cm³/mol. The van der Waals surface area contributed by atoms with E-state index in [-0.39, 0.29) is 12.6 Å². The highest BCUT2D eigenvalue weighted by Crippen LogP contribution is 2.38. The van der Waals surface area contributed by atoms with Crippen molar-refractivity contribution in [3.63, 3.8) is 0 Å². The highest BCUT2D eigenvalue weighted by Gasteiger charge is 2.17. The Morgan fingerprint density at radius 1 is 1.31 bits per heavy atom. The average Bonchev–Trinajstić information content (AvgIpc) is 2.94. The normalized spacial score (nSPS) is 10.7. The fraction of sp³-hybridized carbons (Fsp3) is 0.263. The second kappa shape index (κ2) is 8.30. The number of carbonyl (C=O) groups is 1. The standard InChI is InChI=1S/C19H17N3O2S2/c1-12-13(2)25-17-16(12)18(22-11-21-17)26-15-8-4-3-7-14(15)19(23)24-10-6-5-9-20/h3-4,7-8,11H,5-6,10H2,1-2H3. The van der Waals surface area contributed by atoms with E-state index in [0.717, 1.165) is 20.1 Å². The van der Waals surface area contributed by atoms with Gasteiger partial charge >= 0.3 is 5.97 Å². The Balaban J connectivity index is 1.88. The minimum absolute atomic E-state index is 0.242. The molecule has 0 aliphatic rings. The first kappa shape index (κ1) is 18.4. The largest absolute Gasteiger partial charge is 0.462 e. The van der Waals surface area contributed by atoms with Gasteiger partial charge < -0.3 is 4.74 Å². The number of carbonyl (C=O) groups excluding carboxylic acids is 1. The van der Waals surface area contributed by atoms with Crippen LogP contribution in [0, 0.1) is 25.2 Å². The summed E-state index contributed by atoms with van der Waals surface area (Å²) < 4.78 is 5.29. The van der Waals surface area contributed by atoms with Crippen LogP contribution < -0.4 is 0 Å². The van der Waals surface area contributed by atoms with E-state index < -0.39 is 0 Å². The molecule has 0 radical (unpaired) electrons. The summed E-state index contributed by atoms with van der Waals surface area (Å²) in [5.41, 5.74) is 1.68. The number of nitriles is 1. The molecule has 0 saturated heterocycles. The maximum absolute atomic E-state index is 12.4. The molecule has 0 aliphatic carbocycles. The van der Waals surface area contributed by atoms with Crippen LogP contribution in [0.25, 0.3) is 10.2 Å². The SMILES string of the molecule is Cc1sc2ncnc(Sc3ccccc3C(=O)OCCCC#N)c2c1C. The van der Waals surface area contributed by atoms with Gasteiger partial charge in [-0.2, -0.15) is 5.26 Å². The molecule has 0 spiro atoms. The lowest BCUT2D eigenvalue weighted by Crippen LogP contribution is -2.07. The molecular formula is C19H17N3O2S2. The van der Waals surface area contributed by atoms with Crippen LogP contribution in [0.5, 0.6) is 0 Å². The van der Waals surface area contributed by atoms with Gasteiger partial charge in [-0.3, -0.25) is 0 Å². The zero-order valence-electron chi connectivity index (χ0n) is 14.5. The third kappa shape index (κ3) is 3.87. The van der Waals surface area contributed by atoms with Crippen molar-refractivity contribution in [3.05, 3.63) is 46.6 Å². The van der Waals surface area contributed by atoms with Crippen molar-refractivity contribution >= 4 is 39.3 Å². The van der Waals surface area contributed by atoms with Crippen molar-refractivity contribution in [3.8, 4) is 6.07 Å². The van der Waals surface area contributed by atoms with Crippen molar-refractivity contribution in [2.45, 2.75) is 36.6 Å². The lowest BCUT2D eigenvalue weighted by molar-refractivity contribution is 0.0497. The van der Waals surface area contributed by atoms with E-state index >= 15 is 0 Å². The number of ether oxygens (including phenoxy) is 1. The van der Waals surface area contributed by atoms with Crippen LogP contribution in [0.2, 0.25) is 0 Å². The average molecular weight is 383 g/mol. The summed E-state index contributed by atoms with van der Waals surface area (Å²) in [6, 6.07) is 9.38. The van der Waals surface area contributed by atoms with Gasteiger partial charge in [0.05, 0.1) is 18.2 Å². The first-order chi connectivity index (χ1) is 12.6. The van der Waals surface area contributed by atoms with E-state index in [4.69, 9.17) is 10.00 Å². The highest BCUT2D eigenvalue weighted by molar-refractivity contribution is 7.99. The van der Waals surface area contributed by atoms with Gasteiger partial charge in [0.1, 0.15) is 16.2 Å². The smallest absolute Gasteiger partial charge is 0.339 e. The fourth-order valence-electron chi connectivity index (χ4n) is 2.45. The summed E-state index contributed by atoms with van der Waals surface area (Å²) in [4.78, 5) is 24.2. The van der Waals surface area contributed by atoms with E-state index in [9.17, 15) is 4.79 Å². The molecule has 0 saturated carbocycles. The van der Waals surface area contributed by atoms with Gasteiger partial charge in [-0.25, -0.2) is 14.8 Å². The zero-order valence-corrected chi connectivity index (χ0v) is 16.1. The quantitative estimate of drug-likeness (QED) is 0.342. The molecule has 0 aliphatic heterocycles. The molecule has 5 nitrogen and oxygen atoms in total. The van der Waals surface area contributed by atoms with Gasteiger partial charge in [-0.05, 0) is 38.0 Å². The fourth-order valence-corrected chi connectivity index (χ4v) is 4.58. The summed E-state index contributed by atoms with van der Waals surface area (Å²) >= 11 is 3.09. The molecule has 0 atom stereocenters. The molecule has 132 valence electrons. The lowest BCUT2D eigenvalue weighted by atomic mass is 10.2. The van der Waals surface area contributed by atoms with E-state index in [2.05, 4.69) is 23.8 Å². The molecule has 2 heterocycles. The minimum Gasteiger partial charge on any atom is -0.462 e. The van der Waals surface area contributed by atoms with Gasteiger partial charge in [-0.15, -0.1) is 11.3 Å². The van der Waals surface area contributed by atoms with Crippen LogP contribution in [-0.2, 0) is 4.74 Å². The number of aromatic nitrogens is 2. The maximum atomic E-state index is 12.4. The molecule has 0 amide bonds. The summed E-state index contributed by atoms with van der Waals surface area (Å²) in [7, 11) is 0. The van der Waals surface area contributed by atoms with E-state index in [1.807, 2.05) is 24.3 Å². The second-order valence-corrected chi connectivity index (χ2v) is 7.87. The number of aryl methyl sites for hydroxylation is 2. The first-order valence-electron chi connectivity index (χ1n) is 8.13. The number of esters is 1. The third-order valence-electron chi connectivity index (χ3n) is 3.91. The number of benzene rings is 1. The van der Waals surface area contributed by atoms with Crippen molar-refractivity contribution in [2.24, 2.45) is 0 Å². The van der Waals surface area contributed by atoms with Crippen molar-refractivity contribution in [2.75, 3.05) is 6.61 Å². The molecule has 0 bridgehead atoms. The summed E-state index contributed by atoms with van der Waals surface area (Å²) in [5, 5.41) is 10.4. The molecule has 1 aromatic carbocycles. The Labute approximate surface area is 160 Å². The summed E-state index contributed by atoms with van der Waals surface area (Å²) in [6.45, 7) is 4.38. The van der Waals surface area contributed by atoms with E-state index in [1.165, 1.54) is 22.2 Å². The Kier molecular flexibility index (Phi) is 5.86. The van der Waals surface area contributed by atoms with Crippen LogP contribution in [0.4, 0.5) is 0 Å². The number of thiophene rings is 1. The van der Waals surface area contributed by atoms with Gasteiger partial charge in [0.15, 0.2) is 0 Å². The monoisotopic (exact) mass is 383 g/mol. The number of hydrogen-bond donors (Lipinski definition) is 0. The zero-order chi connectivity index (χ0) is 18.5.